The standard InChI is InChI=1S/C33H30ClN5O2/c1-38(27-15-12-25(13-16-27)33(40)41)21-19-28-29-22-26(34)14-17-30(29)39(31(28)18-20-36-37-35)32(23-8-4-2-5-9-23)24-10-6-3-7-11-24/h2-17,22,32H,18-21H2,1H3,(H,40,41). The molecule has 0 aliphatic rings. The number of carboxylic acid groups (broad SMARTS) is 1. The van der Waals surface area contributed by atoms with Crippen molar-refractivity contribution in [1.29, 1.82) is 0 Å². The molecule has 5 rings (SSSR count). The SMILES string of the molecule is CN(CCc1c(CCN=[N+]=[N-])n(C(c2ccccc2)c2ccccc2)c2ccc(Cl)cc12)c1ccc(C(=O)O)cc1. The topological polar surface area (TPSA) is 94.2 Å². The zero-order valence-electron chi connectivity index (χ0n) is 22.7. The molecule has 5 aromatic rings. The van der Waals surface area contributed by atoms with Crippen LogP contribution in [0.4, 0.5) is 5.69 Å². The van der Waals surface area contributed by atoms with Crippen molar-refractivity contribution in [3.63, 3.8) is 0 Å². The minimum atomic E-state index is -0.944. The molecule has 7 nitrogen and oxygen atoms in total. The number of rotatable bonds is 11. The average molecular weight is 564 g/mol. The average Bonchev–Trinajstić information content (AvgIpc) is 3.29. The minimum Gasteiger partial charge on any atom is -0.478 e. The molecular weight excluding hydrogens is 534 g/mol. The van der Waals surface area contributed by atoms with Crippen LogP contribution in [-0.4, -0.2) is 35.8 Å². The van der Waals surface area contributed by atoms with Gasteiger partial charge >= 0.3 is 5.97 Å². The molecule has 4 aromatic carbocycles. The Morgan fingerprint density at radius 1 is 0.951 bits per heavy atom. The van der Waals surface area contributed by atoms with Gasteiger partial charge < -0.3 is 14.6 Å². The first-order valence-corrected chi connectivity index (χ1v) is 13.8. The Labute approximate surface area is 243 Å². The van der Waals surface area contributed by atoms with E-state index in [1.807, 2.05) is 43.4 Å². The first-order chi connectivity index (χ1) is 20.0. The molecular formula is C33H30ClN5O2. The van der Waals surface area contributed by atoms with Crippen LogP contribution in [0.1, 0.15) is 38.8 Å². The molecule has 0 unspecified atom stereocenters. The molecule has 0 atom stereocenters. The second kappa shape index (κ2) is 12.6. The van der Waals surface area contributed by atoms with Gasteiger partial charge in [0.2, 0.25) is 0 Å². The summed E-state index contributed by atoms with van der Waals surface area (Å²) in [4.78, 5) is 16.4. The van der Waals surface area contributed by atoms with E-state index in [1.54, 1.807) is 12.1 Å². The third kappa shape index (κ3) is 6.07. The van der Waals surface area contributed by atoms with Gasteiger partial charge in [-0.15, -0.1) is 0 Å². The number of carboxylic acids is 1. The lowest BCUT2D eigenvalue weighted by Gasteiger charge is -2.25. The Morgan fingerprint density at radius 3 is 2.17 bits per heavy atom. The van der Waals surface area contributed by atoms with E-state index >= 15 is 0 Å². The summed E-state index contributed by atoms with van der Waals surface area (Å²) in [5, 5.41) is 14.9. The van der Waals surface area contributed by atoms with Gasteiger partial charge in [-0.1, -0.05) is 77.4 Å². The summed E-state index contributed by atoms with van der Waals surface area (Å²) in [7, 11) is 2.00. The van der Waals surface area contributed by atoms with E-state index in [2.05, 4.69) is 74.1 Å². The molecule has 0 saturated heterocycles. The van der Waals surface area contributed by atoms with Gasteiger partial charge in [-0.25, -0.2) is 4.79 Å². The van der Waals surface area contributed by atoms with Gasteiger partial charge in [0, 0.05) is 52.4 Å². The number of halogens is 1. The highest BCUT2D eigenvalue weighted by atomic mass is 35.5. The van der Waals surface area contributed by atoms with Crippen molar-refractivity contribution in [2.45, 2.75) is 18.9 Å². The molecule has 0 spiro atoms. The molecule has 41 heavy (non-hydrogen) atoms. The molecule has 1 aromatic heterocycles. The lowest BCUT2D eigenvalue weighted by atomic mass is 9.97. The second-order valence-electron chi connectivity index (χ2n) is 9.91. The van der Waals surface area contributed by atoms with E-state index in [-0.39, 0.29) is 11.6 Å². The van der Waals surface area contributed by atoms with Crippen molar-refractivity contribution in [3.05, 3.63) is 147 Å². The van der Waals surface area contributed by atoms with Gasteiger partial charge in [-0.05, 0) is 77.5 Å². The number of azide groups is 1. The van der Waals surface area contributed by atoms with Crippen LogP contribution in [0.2, 0.25) is 5.02 Å². The maximum Gasteiger partial charge on any atom is 0.335 e. The van der Waals surface area contributed by atoms with Crippen LogP contribution < -0.4 is 4.90 Å². The van der Waals surface area contributed by atoms with Gasteiger partial charge in [-0.2, -0.15) is 0 Å². The Kier molecular flexibility index (Phi) is 8.59. The Morgan fingerprint density at radius 2 is 1.59 bits per heavy atom. The summed E-state index contributed by atoms with van der Waals surface area (Å²) in [5.74, 6) is -0.944. The number of likely N-dealkylation sites (N-methyl/N-ethyl adjacent to an activating group) is 1. The summed E-state index contributed by atoms with van der Waals surface area (Å²) >= 11 is 6.56. The number of benzene rings is 4. The van der Waals surface area contributed by atoms with Crippen molar-refractivity contribution < 1.29 is 9.90 Å². The number of fused-ring (bicyclic) bond motifs is 1. The lowest BCUT2D eigenvalue weighted by molar-refractivity contribution is 0.0697. The smallest absolute Gasteiger partial charge is 0.335 e. The van der Waals surface area contributed by atoms with Gasteiger partial charge in [-0.3, -0.25) is 0 Å². The monoisotopic (exact) mass is 563 g/mol. The molecule has 0 aliphatic carbocycles. The van der Waals surface area contributed by atoms with Crippen molar-refractivity contribution in [1.82, 2.24) is 4.57 Å². The zero-order chi connectivity index (χ0) is 28.8. The summed E-state index contributed by atoms with van der Waals surface area (Å²) in [6, 6.07) is 33.6. The maximum atomic E-state index is 11.3. The summed E-state index contributed by atoms with van der Waals surface area (Å²) in [6.45, 7) is 1.02. The predicted octanol–water partition coefficient (Wildman–Crippen LogP) is 8.16. The number of anilines is 1. The predicted molar refractivity (Wildman–Crippen MR) is 165 cm³/mol. The van der Waals surface area contributed by atoms with Gasteiger partial charge in [0.05, 0.1) is 11.6 Å². The fraction of sp³-hybridized carbons (Fsp3) is 0.182. The van der Waals surface area contributed by atoms with Crippen LogP contribution in [0.3, 0.4) is 0 Å². The fourth-order valence-corrected chi connectivity index (χ4v) is 5.65. The summed E-state index contributed by atoms with van der Waals surface area (Å²) in [5.41, 5.74) is 15.9. The van der Waals surface area contributed by atoms with E-state index in [4.69, 9.17) is 17.1 Å². The molecule has 8 heteroatoms. The molecule has 1 N–H and O–H groups in total. The van der Waals surface area contributed by atoms with E-state index in [1.165, 1.54) is 0 Å². The number of hydrogen-bond donors (Lipinski definition) is 1. The normalized spacial score (nSPS) is 11.0. The molecule has 0 radical (unpaired) electrons. The van der Waals surface area contributed by atoms with Crippen LogP contribution in [0.25, 0.3) is 21.3 Å². The highest BCUT2D eigenvalue weighted by molar-refractivity contribution is 6.31. The van der Waals surface area contributed by atoms with Crippen LogP contribution in [-0.2, 0) is 12.8 Å². The summed E-state index contributed by atoms with van der Waals surface area (Å²) < 4.78 is 2.38. The van der Waals surface area contributed by atoms with Gasteiger partial charge in [0.25, 0.3) is 0 Å². The first-order valence-electron chi connectivity index (χ1n) is 13.4. The van der Waals surface area contributed by atoms with Crippen LogP contribution >= 0.6 is 11.6 Å². The lowest BCUT2D eigenvalue weighted by Crippen LogP contribution is -2.21. The molecule has 0 aliphatic heterocycles. The van der Waals surface area contributed by atoms with Crippen molar-refractivity contribution in [3.8, 4) is 0 Å². The van der Waals surface area contributed by atoms with Crippen molar-refractivity contribution >= 4 is 34.2 Å². The van der Waals surface area contributed by atoms with Gasteiger partial charge in [0.15, 0.2) is 0 Å². The third-order valence-electron chi connectivity index (χ3n) is 7.44. The maximum absolute atomic E-state index is 11.3. The number of nitrogens with zero attached hydrogens (tertiary/aromatic N) is 5. The largest absolute Gasteiger partial charge is 0.478 e. The molecule has 206 valence electrons. The first kappa shape index (κ1) is 27.8. The van der Waals surface area contributed by atoms with Crippen molar-refractivity contribution in [2.75, 3.05) is 25.0 Å². The zero-order valence-corrected chi connectivity index (χ0v) is 23.4. The second-order valence-corrected chi connectivity index (χ2v) is 10.3. The number of aromatic carboxylic acids is 1. The number of hydrogen-bond acceptors (Lipinski definition) is 3. The van der Waals surface area contributed by atoms with E-state index in [9.17, 15) is 9.90 Å². The van der Waals surface area contributed by atoms with E-state index < -0.39 is 5.97 Å². The Hall–Kier alpha value is -4.71. The Bertz CT molecular complexity index is 1660. The number of carbonyl (C=O) groups is 1. The minimum absolute atomic E-state index is 0.0998. The molecule has 0 saturated carbocycles. The van der Waals surface area contributed by atoms with Crippen LogP contribution in [0.15, 0.2) is 108 Å². The molecule has 0 amide bonds. The molecule has 0 bridgehead atoms. The van der Waals surface area contributed by atoms with Gasteiger partial charge in [0.1, 0.15) is 0 Å². The highest BCUT2D eigenvalue weighted by Gasteiger charge is 2.25. The third-order valence-corrected chi connectivity index (χ3v) is 7.67. The highest BCUT2D eigenvalue weighted by Crippen LogP contribution is 2.38. The fourth-order valence-electron chi connectivity index (χ4n) is 5.48. The van der Waals surface area contributed by atoms with Crippen molar-refractivity contribution in [2.24, 2.45) is 5.11 Å². The summed E-state index contributed by atoms with van der Waals surface area (Å²) in [6.07, 6.45) is 1.28. The quantitative estimate of drug-likeness (QED) is 0.0997. The van der Waals surface area contributed by atoms with Crippen LogP contribution in [0, 0.1) is 0 Å². The molecule has 0 fully saturated rings. The number of aromatic nitrogens is 1. The van der Waals surface area contributed by atoms with E-state index in [0.29, 0.717) is 31.0 Å². The Balaban J connectivity index is 1.64. The molecule has 1 heterocycles. The van der Waals surface area contributed by atoms with E-state index in [0.717, 1.165) is 39.0 Å². The van der Waals surface area contributed by atoms with Crippen LogP contribution in [0.5, 0.6) is 0 Å².